The molecule has 0 radical (unpaired) electrons. The Hall–Kier alpha value is -0.950. The largest absolute Gasteiger partial charge is 0.383 e. The monoisotopic (exact) mass is 377 g/mol. The SMILES string of the molecule is CCc1nc(-c2ccc(Cl)c(F)c2)nc(N)c1I. The van der Waals surface area contributed by atoms with E-state index >= 15 is 0 Å². The molecule has 0 saturated carbocycles. The minimum absolute atomic E-state index is 0.0768. The molecule has 0 spiro atoms. The highest BCUT2D eigenvalue weighted by molar-refractivity contribution is 14.1. The first-order valence-corrected chi connectivity index (χ1v) is 6.76. The molecule has 2 N–H and O–H groups in total. The van der Waals surface area contributed by atoms with Crippen molar-refractivity contribution in [2.45, 2.75) is 13.3 Å². The summed E-state index contributed by atoms with van der Waals surface area (Å²) in [4.78, 5) is 8.56. The molecule has 0 aliphatic carbocycles. The smallest absolute Gasteiger partial charge is 0.161 e. The highest BCUT2D eigenvalue weighted by atomic mass is 127. The molecule has 1 heterocycles. The van der Waals surface area contributed by atoms with Gasteiger partial charge in [0.2, 0.25) is 0 Å². The Morgan fingerprint density at radius 3 is 2.72 bits per heavy atom. The highest BCUT2D eigenvalue weighted by Gasteiger charge is 2.11. The Morgan fingerprint density at radius 1 is 1.39 bits per heavy atom. The zero-order valence-corrected chi connectivity index (χ0v) is 12.5. The van der Waals surface area contributed by atoms with Gasteiger partial charge in [-0.3, -0.25) is 0 Å². The highest BCUT2D eigenvalue weighted by Crippen LogP contribution is 2.25. The van der Waals surface area contributed by atoms with Crippen molar-refractivity contribution >= 4 is 40.0 Å². The number of aryl methyl sites for hydroxylation is 1. The molecule has 0 saturated heterocycles. The fourth-order valence-electron chi connectivity index (χ4n) is 1.51. The third-order valence-corrected chi connectivity index (χ3v) is 3.94. The minimum atomic E-state index is -0.493. The summed E-state index contributed by atoms with van der Waals surface area (Å²) in [6.45, 7) is 1.98. The Morgan fingerprint density at radius 2 is 2.11 bits per heavy atom. The van der Waals surface area contributed by atoms with E-state index in [1.807, 2.05) is 6.92 Å². The predicted molar refractivity (Wildman–Crippen MR) is 78.9 cm³/mol. The van der Waals surface area contributed by atoms with Crippen LogP contribution in [-0.4, -0.2) is 9.97 Å². The molecule has 6 heteroatoms. The molecule has 0 aliphatic rings. The lowest BCUT2D eigenvalue weighted by atomic mass is 10.2. The lowest BCUT2D eigenvalue weighted by Crippen LogP contribution is -2.04. The molecule has 0 atom stereocenters. The van der Waals surface area contributed by atoms with E-state index in [0.29, 0.717) is 17.2 Å². The van der Waals surface area contributed by atoms with Crippen molar-refractivity contribution in [2.75, 3.05) is 5.73 Å². The second-order valence-corrected chi connectivity index (χ2v) is 5.16. The van der Waals surface area contributed by atoms with Gasteiger partial charge in [-0.15, -0.1) is 0 Å². The van der Waals surface area contributed by atoms with Crippen LogP contribution in [0.25, 0.3) is 11.4 Å². The van der Waals surface area contributed by atoms with Crippen LogP contribution in [0.4, 0.5) is 10.2 Å². The van der Waals surface area contributed by atoms with Gasteiger partial charge in [-0.1, -0.05) is 18.5 Å². The van der Waals surface area contributed by atoms with Crippen molar-refractivity contribution in [3.63, 3.8) is 0 Å². The molecule has 0 bridgehead atoms. The molecule has 0 fully saturated rings. The molecule has 3 nitrogen and oxygen atoms in total. The minimum Gasteiger partial charge on any atom is -0.383 e. The van der Waals surface area contributed by atoms with Crippen LogP contribution in [0.3, 0.4) is 0 Å². The van der Waals surface area contributed by atoms with E-state index in [0.717, 1.165) is 15.7 Å². The predicted octanol–water partition coefficient (Wildman–Crippen LogP) is 3.69. The van der Waals surface area contributed by atoms with Crippen molar-refractivity contribution in [1.29, 1.82) is 0 Å². The molecule has 1 aromatic heterocycles. The van der Waals surface area contributed by atoms with E-state index in [4.69, 9.17) is 17.3 Å². The molecule has 2 aromatic rings. The summed E-state index contributed by atoms with van der Waals surface area (Å²) >= 11 is 7.75. The zero-order valence-electron chi connectivity index (χ0n) is 9.54. The van der Waals surface area contributed by atoms with E-state index in [2.05, 4.69) is 32.6 Å². The second-order valence-electron chi connectivity index (χ2n) is 3.68. The molecular formula is C12H10ClFIN3. The average molecular weight is 378 g/mol. The Labute approximate surface area is 123 Å². The van der Waals surface area contributed by atoms with Crippen molar-refractivity contribution in [3.05, 3.63) is 38.3 Å². The second kappa shape index (κ2) is 5.36. The summed E-state index contributed by atoms with van der Waals surface area (Å²) < 4.78 is 14.2. The van der Waals surface area contributed by atoms with E-state index in [1.54, 1.807) is 6.07 Å². The maximum absolute atomic E-state index is 13.4. The van der Waals surface area contributed by atoms with Crippen LogP contribution in [0.2, 0.25) is 5.02 Å². The third kappa shape index (κ3) is 2.56. The Balaban J connectivity index is 2.57. The van der Waals surface area contributed by atoms with Gasteiger partial charge >= 0.3 is 0 Å². The summed E-state index contributed by atoms with van der Waals surface area (Å²) in [7, 11) is 0. The first-order chi connectivity index (χ1) is 8.52. The van der Waals surface area contributed by atoms with Crippen molar-refractivity contribution in [2.24, 2.45) is 0 Å². The molecule has 18 heavy (non-hydrogen) atoms. The third-order valence-electron chi connectivity index (χ3n) is 2.46. The summed E-state index contributed by atoms with van der Waals surface area (Å²) in [5, 5.41) is 0.0768. The molecule has 94 valence electrons. The Kier molecular flexibility index (Phi) is 4.01. The summed E-state index contributed by atoms with van der Waals surface area (Å²) in [6.07, 6.45) is 0.744. The maximum atomic E-state index is 13.4. The van der Waals surface area contributed by atoms with Crippen LogP contribution in [0.5, 0.6) is 0 Å². The van der Waals surface area contributed by atoms with Crippen molar-refractivity contribution in [1.82, 2.24) is 9.97 Å². The van der Waals surface area contributed by atoms with E-state index < -0.39 is 5.82 Å². The van der Waals surface area contributed by atoms with E-state index in [1.165, 1.54) is 12.1 Å². The number of rotatable bonds is 2. The lowest BCUT2D eigenvalue weighted by molar-refractivity contribution is 0.628. The van der Waals surface area contributed by atoms with Crippen LogP contribution >= 0.6 is 34.2 Å². The van der Waals surface area contributed by atoms with Gasteiger partial charge in [0.25, 0.3) is 0 Å². The molecule has 1 aromatic carbocycles. The number of nitrogens with zero attached hydrogens (tertiary/aromatic N) is 2. The van der Waals surface area contributed by atoms with Gasteiger partial charge < -0.3 is 5.73 Å². The topological polar surface area (TPSA) is 51.8 Å². The fraction of sp³-hybridized carbons (Fsp3) is 0.167. The van der Waals surface area contributed by atoms with Crippen molar-refractivity contribution in [3.8, 4) is 11.4 Å². The van der Waals surface area contributed by atoms with Gasteiger partial charge in [0.1, 0.15) is 11.6 Å². The summed E-state index contributed by atoms with van der Waals surface area (Å²) in [6, 6.07) is 4.46. The lowest BCUT2D eigenvalue weighted by Gasteiger charge is -2.08. The van der Waals surface area contributed by atoms with Crippen LogP contribution in [-0.2, 0) is 6.42 Å². The molecular weight excluding hydrogens is 368 g/mol. The number of hydrogen-bond acceptors (Lipinski definition) is 3. The first kappa shape index (κ1) is 13.5. The number of halogens is 3. The van der Waals surface area contributed by atoms with Gasteiger partial charge in [0.05, 0.1) is 14.3 Å². The normalized spacial score (nSPS) is 10.7. The van der Waals surface area contributed by atoms with Gasteiger partial charge in [-0.05, 0) is 47.2 Å². The van der Waals surface area contributed by atoms with Crippen molar-refractivity contribution < 1.29 is 4.39 Å². The number of aromatic nitrogens is 2. The number of nitrogen functional groups attached to an aromatic ring is 1. The molecule has 0 amide bonds. The maximum Gasteiger partial charge on any atom is 0.161 e. The number of benzene rings is 1. The number of nitrogens with two attached hydrogens (primary N) is 1. The zero-order chi connectivity index (χ0) is 13.3. The van der Waals surface area contributed by atoms with Gasteiger partial charge in [-0.25, -0.2) is 14.4 Å². The summed E-state index contributed by atoms with van der Waals surface area (Å²) in [5.41, 5.74) is 7.24. The standard InChI is InChI=1S/C12H10ClFIN3/c1-2-9-10(15)11(16)18-12(17-9)6-3-4-7(13)8(14)5-6/h3-5H,2H2,1H3,(H2,16,17,18). The molecule has 0 aliphatic heterocycles. The fourth-order valence-corrected chi connectivity index (χ4v) is 2.25. The van der Waals surface area contributed by atoms with Gasteiger partial charge in [-0.2, -0.15) is 0 Å². The van der Waals surface area contributed by atoms with E-state index in [9.17, 15) is 4.39 Å². The quantitative estimate of drug-likeness (QED) is 0.812. The van der Waals surface area contributed by atoms with E-state index in [-0.39, 0.29) is 5.02 Å². The van der Waals surface area contributed by atoms with Gasteiger partial charge in [0.15, 0.2) is 5.82 Å². The Bertz CT molecular complexity index is 604. The van der Waals surface area contributed by atoms with Gasteiger partial charge in [0, 0.05) is 5.56 Å². The number of hydrogen-bond donors (Lipinski definition) is 1. The average Bonchev–Trinajstić information content (AvgIpc) is 2.36. The number of anilines is 1. The summed E-state index contributed by atoms with van der Waals surface area (Å²) in [5.74, 6) is 0.334. The van der Waals surface area contributed by atoms with Crippen LogP contribution in [0, 0.1) is 9.39 Å². The molecule has 2 rings (SSSR count). The molecule has 0 unspecified atom stereocenters. The first-order valence-electron chi connectivity index (χ1n) is 5.30. The van der Waals surface area contributed by atoms with Crippen LogP contribution in [0.15, 0.2) is 18.2 Å². The van der Waals surface area contributed by atoms with Crippen LogP contribution in [0.1, 0.15) is 12.6 Å². The van der Waals surface area contributed by atoms with Crippen LogP contribution < -0.4 is 5.73 Å².